The Labute approximate surface area is 256 Å². The number of carbonyl (C=O) groups is 1. The molecule has 8 rings (SSSR count). The number of methoxy groups -OCH3 is 1. The van der Waals surface area contributed by atoms with E-state index in [-0.39, 0.29) is 18.0 Å². The topological polar surface area (TPSA) is 108 Å². The monoisotopic (exact) mass is 592 g/mol. The fourth-order valence-corrected chi connectivity index (χ4v) is 7.71. The van der Waals surface area contributed by atoms with Crippen molar-refractivity contribution in [1.82, 2.24) is 28.8 Å². The Morgan fingerprint density at radius 1 is 1.09 bits per heavy atom. The van der Waals surface area contributed by atoms with Gasteiger partial charge in [-0.1, -0.05) is 12.1 Å². The van der Waals surface area contributed by atoms with Crippen molar-refractivity contribution in [2.24, 2.45) is 31.7 Å². The molecule has 1 amide bonds. The van der Waals surface area contributed by atoms with Crippen molar-refractivity contribution in [3.8, 4) is 17.3 Å². The maximum Gasteiger partial charge on any atom is 0.254 e. The zero-order valence-electron chi connectivity index (χ0n) is 26.1. The lowest BCUT2D eigenvalue weighted by atomic mass is 10.1. The Hall–Kier alpha value is -4.31. The molecule has 1 aliphatic heterocycles. The quantitative estimate of drug-likeness (QED) is 0.267. The molecule has 10 heteroatoms. The molecule has 10 nitrogen and oxygen atoms in total. The number of piperidine rings is 1. The average molecular weight is 593 g/mol. The standard InChI is InChI=1S/C34H40N8O2/c1-18-30(19(2)40(4)38-18)36-24-8-6-7-21-14-27(41(31(21)24)16-20-9-10-20)33-37-25-13-23(15-28(44-5)32(25)39(33)3)34(43)42-17-22-11-12-26(42)29(22)35/h6-8,13-15,20,22,26,29,36H,9-12,16-17,35H2,1-5H3/t22-,26-,29-/m1/s1. The van der Waals surface area contributed by atoms with Crippen molar-refractivity contribution in [2.75, 3.05) is 19.0 Å². The second kappa shape index (κ2) is 9.85. The van der Waals surface area contributed by atoms with Gasteiger partial charge in [0.2, 0.25) is 0 Å². The first-order valence-electron chi connectivity index (χ1n) is 15.7. The van der Waals surface area contributed by atoms with Crippen LogP contribution in [0.3, 0.4) is 0 Å². The molecule has 3 atom stereocenters. The number of aryl methyl sites for hydroxylation is 3. The Bertz CT molecular complexity index is 1960. The van der Waals surface area contributed by atoms with Crippen molar-refractivity contribution in [2.45, 2.75) is 58.2 Å². The maximum absolute atomic E-state index is 13.8. The number of nitrogens with two attached hydrogens (primary N) is 1. The van der Waals surface area contributed by atoms with Gasteiger partial charge in [0.05, 0.1) is 46.6 Å². The van der Waals surface area contributed by atoms with Crippen LogP contribution in [0.15, 0.2) is 36.4 Å². The second-order valence-corrected chi connectivity index (χ2v) is 13.1. The number of hydrogen-bond donors (Lipinski definition) is 2. The summed E-state index contributed by atoms with van der Waals surface area (Å²) in [5, 5.41) is 9.50. The fourth-order valence-electron chi connectivity index (χ4n) is 7.71. The molecule has 228 valence electrons. The molecule has 3 aromatic heterocycles. The van der Waals surface area contributed by atoms with Crippen LogP contribution in [0.1, 0.15) is 47.4 Å². The summed E-state index contributed by atoms with van der Waals surface area (Å²) >= 11 is 0. The number of nitrogens with zero attached hydrogens (tertiary/aromatic N) is 6. The van der Waals surface area contributed by atoms with Gasteiger partial charge in [0, 0.05) is 50.2 Å². The van der Waals surface area contributed by atoms with Gasteiger partial charge >= 0.3 is 0 Å². The number of carbonyl (C=O) groups excluding carboxylic acids is 1. The van der Waals surface area contributed by atoms with Gasteiger partial charge in [-0.05, 0) is 75.6 Å². The van der Waals surface area contributed by atoms with Crippen molar-refractivity contribution in [1.29, 1.82) is 0 Å². The number of aromatic nitrogens is 5. The number of ether oxygens (including phenoxy) is 1. The van der Waals surface area contributed by atoms with Gasteiger partial charge in [0.15, 0.2) is 5.82 Å². The van der Waals surface area contributed by atoms with Crippen LogP contribution in [0.5, 0.6) is 5.75 Å². The first-order valence-corrected chi connectivity index (χ1v) is 15.7. The number of para-hydroxylation sites is 1. The molecule has 4 heterocycles. The van der Waals surface area contributed by atoms with Crippen LogP contribution in [0.25, 0.3) is 33.5 Å². The molecule has 2 saturated carbocycles. The van der Waals surface area contributed by atoms with Gasteiger partial charge in [-0.2, -0.15) is 5.10 Å². The summed E-state index contributed by atoms with van der Waals surface area (Å²) in [4.78, 5) is 20.9. The highest BCUT2D eigenvalue weighted by molar-refractivity contribution is 6.01. The van der Waals surface area contributed by atoms with Crippen LogP contribution in [-0.2, 0) is 20.6 Å². The summed E-state index contributed by atoms with van der Waals surface area (Å²) in [5.41, 5.74) is 15.0. The number of nitrogens with one attached hydrogen (secondary N) is 1. The van der Waals surface area contributed by atoms with Crippen LogP contribution in [0.2, 0.25) is 0 Å². The molecule has 3 aliphatic rings. The van der Waals surface area contributed by atoms with E-state index in [0.29, 0.717) is 23.1 Å². The molecule has 2 bridgehead atoms. The lowest BCUT2D eigenvalue weighted by Crippen LogP contribution is -2.41. The molecule has 3 N–H and O–H groups in total. The van der Waals surface area contributed by atoms with E-state index in [1.54, 1.807) is 7.11 Å². The minimum absolute atomic E-state index is 0.0135. The van der Waals surface area contributed by atoms with E-state index in [9.17, 15) is 4.79 Å². The zero-order chi connectivity index (χ0) is 30.4. The number of amides is 1. The number of hydrogen-bond acceptors (Lipinski definition) is 6. The largest absolute Gasteiger partial charge is 0.494 e. The minimum atomic E-state index is 0.0135. The molecular formula is C34H40N8O2. The van der Waals surface area contributed by atoms with Gasteiger partial charge in [0.1, 0.15) is 11.3 Å². The summed E-state index contributed by atoms with van der Waals surface area (Å²) < 4.78 is 12.3. The highest BCUT2D eigenvalue weighted by Gasteiger charge is 2.47. The molecule has 2 aromatic carbocycles. The number of anilines is 2. The van der Waals surface area contributed by atoms with Crippen LogP contribution >= 0.6 is 0 Å². The highest BCUT2D eigenvalue weighted by Crippen LogP contribution is 2.42. The van der Waals surface area contributed by atoms with Gasteiger partial charge in [-0.3, -0.25) is 9.48 Å². The Morgan fingerprint density at radius 3 is 2.57 bits per heavy atom. The third-order valence-electron chi connectivity index (χ3n) is 10.4. The fraction of sp³-hybridized carbons (Fsp3) is 0.441. The molecule has 44 heavy (non-hydrogen) atoms. The first-order chi connectivity index (χ1) is 21.2. The molecular weight excluding hydrogens is 552 g/mol. The number of imidazole rings is 1. The molecule has 0 unspecified atom stereocenters. The lowest BCUT2D eigenvalue weighted by molar-refractivity contribution is 0.0700. The van der Waals surface area contributed by atoms with Crippen LogP contribution in [0, 0.1) is 25.7 Å². The minimum Gasteiger partial charge on any atom is -0.494 e. The van der Waals surface area contributed by atoms with Crippen LogP contribution in [0.4, 0.5) is 11.4 Å². The number of fused-ring (bicyclic) bond motifs is 4. The van der Waals surface area contributed by atoms with Crippen molar-refractivity contribution >= 4 is 39.2 Å². The molecule has 5 aromatic rings. The molecule has 2 aliphatic carbocycles. The predicted octanol–water partition coefficient (Wildman–Crippen LogP) is 5.27. The Morgan fingerprint density at radius 2 is 1.91 bits per heavy atom. The van der Waals surface area contributed by atoms with Gasteiger partial charge in [0.25, 0.3) is 5.91 Å². The van der Waals surface area contributed by atoms with E-state index in [2.05, 4.69) is 50.7 Å². The summed E-state index contributed by atoms with van der Waals surface area (Å²) in [7, 11) is 5.67. The lowest BCUT2D eigenvalue weighted by Gasteiger charge is -2.27. The normalized spacial score (nSPS) is 21.2. The van der Waals surface area contributed by atoms with E-state index < -0.39 is 0 Å². The summed E-state index contributed by atoms with van der Waals surface area (Å²) in [5.74, 6) is 2.56. The first kappa shape index (κ1) is 27.3. The van der Waals surface area contributed by atoms with Crippen molar-refractivity contribution in [3.63, 3.8) is 0 Å². The number of likely N-dealkylation sites (tertiary alicyclic amines) is 1. The zero-order valence-corrected chi connectivity index (χ0v) is 26.1. The highest BCUT2D eigenvalue weighted by atomic mass is 16.5. The van der Waals surface area contributed by atoms with Crippen LogP contribution < -0.4 is 15.8 Å². The second-order valence-electron chi connectivity index (χ2n) is 13.1. The Kier molecular flexibility index (Phi) is 6.10. The average Bonchev–Trinajstić information content (AvgIpc) is 3.24. The molecule has 3 fully saturated rings. The van der Waals surface area contributed by atoms with E-state index >= 15 is 0 Å². The number of benzene rings is 2. The summed E-state index contributed by atoms with van der Waals surface area (Å²) in [6, 6.07) is 12.7. The van der Waals surface area contributed by atoms with Gasteiger partial charge < -0.3 is 29.8 Å². The van der Waals surface area contributed by atoms with E-state index in [4.69, 9.17) is 15.5 Å². The summed E-state index contributed by atoms with van der Waals surface area (Å²) in [6.07, 6.45) is 4.56. The van der Waals surface area contributed by atoms with E-state index in [1.165, 1.54) is 12.8 Å². The SMILES string of the molecule is COc1cc(C(=O)N2C[C@H]3CC[C@@H]2[C@@H]3N)cc2nc(-c3cc4cccc(Nc5c(C)nn(C)c5C)c4n3CC3CC3)n(C)c12. The molecule has 0 spiro atoms. The number of rotatable bonds is 7. The third-order valence-corrected chi connectivity index (χ3v) is 10.4. The summed E-state index contributed by atoms with van der Waals surface area (Å²) in [6.45, 7) is 5.78. The van der Waals surface area contributed by atoms with E-state index in [1.807, 2.05) is 42.7 Å². The molecule has 1 saturated heterocycles. The van der Waals surface area contributed by atoms with Gasteiger partial charge in [-0.15, -0.1) is 0 Å². The molecule has 0 radical (unpaired) electrons. The predicted molar refractivity (Wildman–Crippen MR) is 172 cm³/mol. The Balaban J connectivity index is 1.25. The smallest absolute Gasteiger partial charge is 0.254 e. The third kappa shape index (κ3) is 4.07. The van der Waals surface area contributed by atoms with Gasteiger partial charge in [-0.25, -0.2) is 4.98 Å². The van der Waals surface area contributed by atoms with Crippen LogP contribution in [-0.4, -0.2) is 60.4 Å². The van der Waals surface area contributed by atoms with E-state index in [0.717, 1.165) is 82.1 Å². The van der Waals surface area contributed by atoms with Crippen molar-refractivity contribution in [3.05, 3.63) is 53.3 Å². The van der Waals surface area contributed by atoms with Crippen molar-refractivity contribution < 1.29 is 9.53 Å². The maximum atomic E-state index is 13.8.